The van der Waals surface area contributed by atoms with Crippen LogP contribution in [0.15, 0.2) is 70.9 Å². The second kappa shape index (κ2) is 32.9. The zero-order chi connectivity index (χ0) is 60.5. The minimum absolute atomic E-state index is 0.0162. The van der Waals surface area contributed by atoms with Gasteiger partial charge in [0.1, 0.15) is 42.3 Å². The van der Waals surface area contributed by atoms with Crippen molar-refractivity contribution < 1.29 is 58.2 Å². The Bertz CT molecular complexity index is 2940. The molecule has 4 rings (SSSR count). The molecule has 0 spiro atoms. The molecule has 0 aliphatic rings. The Morgan fingerprint density at radius 2 is 1.02 bits per heavy atom. The summed E-state index contributed by atoms with van der Waals surface area (Å²) >= 11 is 1.30. The summed E-state index contributed by atoms with van der Waals surface area (Å²) in [5.41, 5.74) is 35.6. The molecule has 0 radical (unpaired) electrons. The van der Waals surface area contributed by atoms with Gasteiger partial charge >= 0.3 is 5.97 Å². The zero-order valence-corrected chi connectivity index (χ0v) is 46.1. The maximum Gasteiger partial charge on any atom is 0.326 e. The summed E-state index contributed by atoms with van der Waals surface area (Å²) in [6.07, 6.45) is 2.37. The van der Waals surface area contributed by atoms with Gasteiger partial charge in [-0.1, -0.05) is 36.4 Å². The number of benzene rings is 2. The van der Waals surface area contributed by atoms with Gasteiger partial charge in [-0.05, 0) is 74.3 Å². The molecule has 2 aromatic heterocycles. The number of hydrogen-bond donors (Lipinski definition) is 18. The molecular formula is C51H74N18O12S. The van der Waals surface area contributed by atoms with Gasteiger partial charge in [-0.2, -0.15) is 11.8 Å². The first-order chi connectivity index (χ1) is 39.0. The molecule has 0 bridgehead atoms. The fourth-order valence-corrected chi connectivity index (χ4v) is 8.91. The van der Waals surface area contributed by atoms with E-state index in [2.05, 4.69) is 62.5 Å². The summed E-state index contributed by atoms with van der Waals surface area (Å²) in [6, 6.07) is 3.86. The number of aliphatic imine (C=N–C) groups is 2. The van der Waals surface area contributed by atoms with Crippen LogP contribution in [0.3, 0.4) is 0 Å². The highest BCUT2D eigenvalue weighted by Crippen LogP contribution is 2.21. The first kappa shape index (κ1) is 65.5. The number of aromatic amines is 2. The average molecular weight is 1160 g/mol. The number of aliphatic hydroxyl groups excluding tert-OH is 1. The minimum Gasteiger partial charge on any atom is -0.480 e. The van der Waals surface area contributed by atoms with Crippen LogP contribution < -0.4 is 76.9 Å². The molecule has 24 N–H and O–H groups in total. The van der Waals surface area contributed by atoms with Crippen molar-refractivity contribution in [1.29, 1.82) is 0 Å². The molecule has 0 aliphatic heterocycles. The molecule has 0 aliphatic carbocycles. The summed E-state index contributed by atoms with van der Waals surface area (Å²) in [7, 11) is 0. The lowest BCUT2D eigenvalue weighted by Gasteiger charge is -2.27. The lowest BCUT2D eigenvalue weighted by Crippen LogP contribution is -2.61. The summed E-state index contributed by atoms with van der Waals surface area (Å²) in [6.45, 7) is -0.0471. The van der Waals surface area contributed by atoms with Gasteiger partial charge in [0, 0.05) is 60.1 Å². The number of carboxylic acid groups (broad SMARTS) is 1. The summed E-state index contributed by atoms with van der Waals surface area (Å²) in [5, 5.41) is 42.1. The standard InChI is InChI=1S/C51H74N18O12S/c1-26(70)42(69-47(78)37(21-39(53)71)67-46(77)36(64-40(72)22-52)19-27-23-60-31-11-5-3-9-29(27)31)48(79)66-35(15-18-82-2)43(74)62-25-41(73)63-33(13-7-16-58-50(54)55)44(75)65-34(14-8-17-59-51(56)57)45(76)68-38(49(80)81)20-28-24-61-32-12-6-4-10-30(28)32/h3-6,9-12,23-24,26,33-38,42,60-61,70H,7-8,13-22,25,52H2,1-2H3,(H2,53,71)(H,62,74)(H,63,73)(H,64,72)(H,65,75)(H,66,79)(H,67,77)(H,68,76)(H,69,78)(H,80,81)(H4,54,55,58)(H4,56,57,59)/t26-,33+,34+,35+,36+,37+,38+,42+/m1/s1. The molecule has 2 heterocycles. The highest BCUT2D eigenvalue weighted by molar-refractivity contribution is 7.98. The topological polar surface area (TPSA) is 520 Å². The number of aliphatic carboxylic acids is 1. The molecule has 446 valence electrons. The Hall–Kier alpha value is -8.97. The predicted molar refractivity (Wildman–Crippen MR) is 306 cm³/mol. The SMILES string of the molecule is CSCC[C@H](NC(=O)[C@@H](NC(=O)[C@H](CC(N)=O)NC(=O)[C@H](Cc1c[nH]c2ccccc12)NC(=O)CN)[C@@H](C)O)C(=O)NCC(=O)N[C@@H](CCCN=C(N)N)C(=O)N[C@@H](CCCN=C(N)N)C(=O)N[C@@H](Cc1c[nH]c2ccccc12)C(=O)O. The van der Waals surface area contributed by atoms with Crippen molar-refractivity contribution in [1.82, 2.24) is 52.5 Å². The number of rotatable bonds is 35. The number of H-pyrrole nitrogens is 2. The average Bonchev–Trinajstić information content (AvgIpc) is 4.19. The number of nitrogens with zero attached hydrogens (tertiary/aromatic N) is 2. The molecule has 0 unspecified atom stereocenters. The van der Waals surface area contributed by atoms with E-state index in [1.807, 2.05) is 0 Å². The quantitative estimate of drug-likeness (QED) is 0.0117. The molecule has 4 aromatic rings. The number of nitrogens with one attached hydrogen (secondary N) is 10. The van der Waals surface area contributed by atoms with Crippen molar-refractivity contribution >= 4 is 105 Å². The number of carbonyl (C=O) groups is 10. The van der Waals surface area contributed by atoms with Crippen LogP contribution in [0.5, 0.6) is 0 Å². The van der Waals surface area contributed by atoms with Crippen LogP contribution in [0.1, 0.15) is 56.6 Å². The van der Waals surface area contributed by atoms with Crippen molar-refractivity contribution in [2.75, 3.05) is 38.2 Å². The maximum absolute atomic E-state index is 14.1. The Kier molecular flexibility index (Phi) is 26.3. The molecule has 82 heavy (non-hydrogen) atoms. The number of thioether (sulfide) groups is 1. The lowest BCUT2D eigenvalue weighted by atomic mass is 10.0. The second-order valence-electron chi connectivity index (χ2n) is 18.9. The van der Waals surface area contributed by atoms with Gasteiger partial charge in [-0.15, -0.1) is 0 Å². The number of aliphatic hydroxyl groups is 1. The third-order valence-electron chi connectivity index (χ3n) is 12.6. The van der Waals surface area contributed by atoms with E-state index in [0.29, 0.717) is 11.1 Å². The second-order valence-corrected chi connectivity index (χ2v) is 19.9. The Balaban J connectivity index is 1.47. The molecule has 0 fully saturated rings. The van der Waals surface area contributed by atoms with Crippen molar-refractivity contribution in [3.63, 3.8) is 0 Å². The van der Waals surface area contributed by atoms with Crippen LogP contribution in [0.2, 0.25) is 0 Å². The van der Waals surface area contributed by atoms with E-state index < -0.39 is 127 Å². The molecule has 30 nitrogen and oxygen atoms in total. The molecular weight excluding hydrogens is 1090 g/mol. The number of aromatic nitrogens is 2. The fourth-order valence-electron chi connectivity index (χ4n) is 8.44. The van der Waals surface area contributed by atoms with Crippen LogP contribution in [0.25, 0.3) is 21.8 Å². The molecule has 9 amide bonds. The fraction of sp³-hybridized carbons (Fsp3) is 0.451. The number of hydrogen-bond acceptors (Lipinski definition) is 15. The van der Waals surface area contributed by atoms with Crippen molar-refractivity contribution in [2.45, 2.75) is 107 Å². The van der Waals surface area contributed by atoms with Crippen molar-refractivity contribution in [3.05, 3.63) is 72.1 Å². The Morgan fingerprint density at radius 3 is 1.52 bits per heavy atom. The predicted octanol–water partition coefficient (Wildman–Crippen LogP) is -4.90. The van der Waals surface area contributed by atoms with E-state index in [-0.39, 0.29) is 75.7 Å². The van der Waals surface area contributed by atoms with Gasteiger partial charge in [0.05, 0.1) is 25.6 Å². The third-order valence-corrected chi connectivity index (χ3v) is 13.2. The van der Waals surface area contributed by atoms with Gasteiger partial charge in [0.25, 0.3) is 0 Å². The van der Waals surface area contributed by atoms with E-state index >= 15 is 0 Å². The molecule has 31 heteroatoms. The van der Waals surface area contributed by atoms with Gasteiger partial charge in [0.15, 0.2) is 11.9 Å². The summed E-state index contributed by atoms with van der Waals surface area (Å²) in [5.74, 6) is -10.0. The third kappa shape index (κ3) is 21.3. The van der Waals surface area contributed by atoms with Gasteiger partial charge in [-0.25, -0.2) is 4.79 Å². The van der Waals surface area contributed by atoms with Crippen LogP contribution in [-0.4, -0.2) is 178 Å². The Morgan fingerprint density at radius 1 is 0.573 bits per heavy atom. The van der Waals surface area contributed by atoms with E-state index in [4.69, 9.17) is 34.4 Å². The van der Waals surface area contributed by atoms with Gasteiger partial charge in [0.2, 0.25) is 53.2 Å². The largest absolute Gasteiger partial charge is 0.480 e. The highest BCUT2D eigenvalue weighted by Gasteiger charge is 2.35. The van der Waals surface area contributed by atoms with E-state index in [1.54, 1.807) is 67.2 Å². The van der Waals surface area contributed by atoms with Crippen molar-refractivity contribution in [3.8, 4) is 0 Å². The molecule has 8 atom stereocenters. The molecule has 2 aromatic carbocycles. The van der Waals surface area contributed by atoms with Crippen LogP contribution >= 0.6 is 11.8 Å². The number of para-hydroxylation sites is 2. The van der Waals surface area contributed by atoms with E-state index in [9.17, 15) is 58.2 Å². The van der Waals surface area contributed by atoms with Crippen molar-refractivity contribution in [2.24, 2.45) is 44.4 Å². The number of guanidine groups is 2. The maximum atomic E-state index is 14.1. The lowest BCUT2D eigenvalue weighted by molar-refractivity contribution is -0.142. The summed E-state index contributed by atoms with van der Waals surface area (Å²) in [4.78, 5) is 148. The number of amides is 9. The number of fused-ring (bicyclic) bond motifs is 2. The monoisotopic (exact) mass is 1160 g/mol. The smallest absolute Gasteiger partial charge is 0.326 e. The minimum atomic E-state index is -1.81. The van der Waals surface area contributed by atoms with Gasteiger partial charge in [-0.3, -0.25) is 53.1 Å². The Labute approximate surface area is 475 Å². The van der Waals surface area contributed by atoms with Crippen LogP contribution in [0.4, 0.5) is 0 Å². The van der Waals surface area contributed by atoms with E-state index in [1.165, 1.54) is 11.8 Å². The van der Waals surface area contributed by atoms with E-state index in [0.717, 1.165) is 28.7 Å². The number of nitrogens with two attached hydrogens (primary N) is 6. The number of carboxylic acids is 1. The first-order valence-electron chi connectivity index (χ1n) is 26.0. The number of carbonyl (C=O) groups excluding carboxylic acids is 9. The number of primary amides is 1. The summed E-state index contributed by atoms with van der Waals surface area (Å²) < 4.78 is 0. The normalized spacial score (nSPS) is 14.0. The first-order valence-corrected chi connectivity index (χ1v) is 27.4. The molecule has 0 saturated heterocycles. The van der Waals surface area contributed by atoms with Crippen LogP contribution in [-0.2, 0) is 60.8 Å². The van der Waals surface area contributed by atoms with Gasteiger partial charge < -0.3 is 97.1 Å². The molecule has 0 saturated carbocycles. The zero-order valence-electron chi connectivity index (χ0n) is 45.3. The van der Waals surface area contributed by atoms with Crippen LogP contribution in [0, 0.1) is 0 Å². The highest BCUT2D eigenvalue weighted by atomic mass is 32.2.